The van der Waals surface area contributed by atoms with Gasteiger partial charge in [-0.15, -0.1) is 0 Å². The molecule has 1 fully saturated rings. The zero-order valence-electron chi connectivity index (χ0n) is 13.5. The molecule has 0 unspecified atom stereocenters. The van der Waals surface area contributed by atoms with Crippen molar-refractivity contribution in [2.75, 3.05) is 17.2 Å². The van der Waals surface area contributed by atoms with Gasteiger partial charge in [0.1, 0.15) is 6.10 Å². The SMILES string of the molecule is CC(C)NC(=O)Nc1ccc(NC(=O)[C@@H]2CC[C@H](CN)O2)cc1. The minimum absolute atomic E-state index is 0.0307. The summed E-state index contributed by atoms with van der Waals surface area (Å²) in [5.41, 5.74) is 6.85. The van der Waals surface area contributed by atoms with Gasteiger partial charge in [0.05, 0.1) is 6.10 Å². The molecule has 1 saturated heterocycles. The Labute approximate surface area is 136 Å². The maximum Gasteiger partial charge on any atom is 0.319 e. The van der Waals surface area contributed by atoms with Crippen LogP contribution >= 0.6 is 0 Å². The van der Waals surface area contributed by atoms with Crippen LogP contribution in [0.15, 0.2) is 24.3 Å². The number of hydrogen-bond donors (Lipinski definition) is 4. The number of ether oxygens (including phenoxy) is 1. The van der Waals surface area contributed by atoms with Crippen LogP contribution in [0.1, 0.15) is 26.7 Å². The van der Waals surface area contributed by atoms with Crippen LogP contribution in [0.25, 0.3) is 0 Å². The van der Waals surface area contributed by atoms with Crippen LogP contribution < -0.4 is 21.7 Å². The van der Waals surface area contributed by atoms with Crippen LogP contribution in [0, 0.1) is 0 Å². The van der Waals surface area contributed by atoms with Gasteiger partial charge in [-0.2, -0.15) is 0 Å². The standard InChI is InChI=1S/C16H24N4O3/c1-10(2)18-16(22)20-12-5-3-11(4-6-12)19-15(21)14-8-7-13(9-17)23-14/h3-6,10,13-14H,7-9,17H2,1-2H3,(H,19,21)(H2,18,20,22)/t13-,14+/m1/s1. The molecular weight excluding hydrogens is 296 g/mol. The molecule has 1 aliphatic heterocycles. The molecule has 126 valence electrons. The lowest BCUT2D eigenvalue weighted by atomic mass is 10.2. The molecule has 1 aromatic rings. The number of benzene rings is 1. The average Bonchev–Trinajstić information content (AvgIpc) is 2.97. The van der Waals surface area contributed by atoms with E-state index in [1.807, 2.05) is 13.8 Å². The van der Waals surface area contributed by atoms with Gasteiger partial charge in [-0.1, -0.05) is 0 Å². The zero-order valence-corrected chi connectivity index (χ0v) is 13.5. The highest BCUT2D eigenvalue weighted by atomic mass is 16.5. The predicted octanol–water partition coefficient (Wildman–Crippen LogP) is 1.66. The van der Waals surface area contributed by atoms with E-state index in [1.165, 1.54) is 0 Å². The molecule has 0 aliphatic carbocycles. The van der Waals surface area contributed by atoms with E-state index >= 15 is 0 Å². The Hall–Kier alpha value is -2.12. The lowest BCUT2D eigenvalue weighted by Gasteiger charge is -2.13. The fourth-order valence-electron chi connectivity index (χ4n) is 2.36. The highest BCUT2D eigenvalue weighted by Crippen LogP contribution is 2.21. The second kappa shape index (κ2) is 7.94. The van der Waals surface area contributed by atoms with Crippen molar-refractivity contribution in [3.8, 4) is 0 Å². The second-order valence-electron chi connectivity index (χ2n) is 5.88. The summed E-state index contributed by atoms with van der Waals surface area (Å²) in [6.07, 6.45) is 1.01. The van der Waals surface area contributed by atoms with Crippen LogP contribution in [-0.4, -0.2) is 36.7 Å². The van der Waals surface area contributed by atoms with Crippen molar-refractivity contribution in [3.05, 3.63) is 24.3 Å². The molecule has 1 heterocycles. The Morgan fingerprint density at radius 3 is 2.30 bits per heavy atom. The number of nitrogens with one attached hydrogen (secondary N) is 3. The number of rotatable bonds is 5. The average molecular weight is 320 g/mol. The number of carbonyl (C=O) groups is 2. The summed E-state index contributed by atoms with van der Waals surface area (Å²) >= 11 is 0. The van der Waals surface area contributed by atoms with Crippen LogP contribution in [0.5, 0.6) is 0 Å². The topological polar surface area (TPSA) is 105 Å². The van der Waals surface area contributed by atoms with Gasteiger partial charge in [0.15, 0.2) is 0 Å². The summed E-state index contributed by atoms with van der Waals surface area (Å²) < 4.78 is 5.56. The summed E-state index contributed by atoms with van der Waals surface area (Å²) in [5.74, 6) is -0.167. The predicted molar refractivity (Wildman–Crippen MR) is 89.3 cm³/mol. The Bertz CT molecular complexity index is 545. The van der Waals surface area contributed by atoms with Crippen LogP contribution in [0.4, 0.5) is 16.2 Å². The molecule has 0 saturated carbocycles. The first-order valence-electron chi connectivity index (χ1n) is 7.82. The van der Waals surface area contributed by atoms with Crippen molar-refractivity contribution in [2.24, 2.45) is 5.73 Å². The molecule has 2 atom stereocenters. The maximum atomic E-state index is 12.1. The fourth-order valence-corrected chi connectivity index (χ4v) is 2.36. The van der Waals surface area contributed by atoms with Gasteiger partial charge in [0.25, 0.3) is 5.91 Å². The van der Waals surface area contributed by atoms with E-state index in [9.17, 15) is 9.59 Å². The summed E-state index contributed by atoms with van der Waals surface area (Å²) in [5, 5.41) is 8.27. The molecular formula is C16H24N4O3. The van der Waals surface area contributed by atoms with Crippen LogP contribution in [-0.2, 0) is 9.53 Å². The third-order valence-electron chi connectivity index (χ3n) is 3.49. The molecule has 23 heavy (non-hydrogen) atoms. The van der Waals surface area contributed by atoms with E-state index in [0.29, 0.717) is 24.3 Å². The van der Waals surface area contributed by atoms with Gasteiger partial charge in [0, 0.05) is 24.0 Å². The fraction of sp³-hybridized carbons (Fsp3) is 0.500. The first-order valence-corrected chi connectivity index (χ1v) is 7.82. The second-order valence-corrected chi connectivity index (χ2v) is 5.88. The third kappa shape index (κ3) is 5.22. The summed E-state index contributed by atoms with van der Waals surface area (Å²) in [7, 11) is 0. The lowest BCUT2D eigenvalue weighted by molar-refractivity contribution is -0.126. The van der Waals surface area contributed by atoms with Crippen molar-refractivity contribution in [1.29, 1.82) is 0 Å². The number of anilines is 2. The molecule has 0 radical (unpaired) electrons. The zero-order chi connectivity index (χ0) is 16.8. The quantitative estimate of drug-likeness (QED) is 0.662. The molecule has 1 aromatic carbocycles. The van der Waals surface area contributed by atoms with Gasteiger partial charge in [-0.25, -0.2) is 4.79 Å². The first kappa shape index (κ1) is 17.2. The molecule has 2 rings (SSSR count). The van der Waals surface area contributed by atoms with E-state index in [4.69, 9.17) is 10.5 Å². The molecule has 7 nitrogen and oxygen atoms in total. The summed E-state index contributed by atoms with van der Waals surface area (Å²) in [6, 6.07) is 6.74. The van der Waals surface area contributed by atoms with Crippen LogP contribution in [0.2, 0.25) is 0 Å². The minimum atomic E-state index is -0.446. The van der Waals surface area contributed by atoms with E-state index in [1.54, 1.807) is 24.3 Å². The minimum Gasteiger partial charge on any atom is -0.364 e. The van der Waals surface area contributed by atoms with Crippen molar-refractivity contribution in [1.82, 2.24) is 5.32 Å². The highest BCUT2D eigenvalue weighted by Gasteiger charge is 2.29. The molecule has 1 aliphatic rings. The van der Waals surface area contributed by atoms with Crippen molar-refractivity contribution in [3.63, 3.8) is 0 Å². The number of hydrogen-bond acceptors (Lipinski definition) is 4. The summed E-state index contributed by atoms with van der Waals surface area (Å²) in [6.45, 7) is 4.21. The molecule has 0 aromatic heterocycles. The van der Waals surface area contributed by atoms with Gasteiger partial charge in [0.2, 0.25) is 0 Å². The van der Waals surface area contributed by atoms with Gasteiger partial charge in [-0.3, -0.25) is 4.79 Å². The van der Waals surface area contributed by atoms with E-state index in [0.717, 1.165) is 6.42 Å². The first-order chi connectivity index (χ1) is 11.0. The molecule has 5 N–H and O–H groups in total. The molecule has 0 spiro atoms. The van der Waals surface area contributed by atoms with Gasteiger partial charge >= 0.3 is 6.03 Å². The van der Waals surface area contributed by atoms with Crippen molar-refractivity contribution >= 4 is 23.3 Å². The number of nitrogens with two attached hydrogens (primary N) is 1. The highest BCUT2D eigenvalue weighted by molar-refractivity contribution is 5.95. The Kier molecular flexibility index (Phi) is 5.95. The monoisotopic (exact) mass is 320 g/mol. The Balaban J connectivity index is 1.85. The lowest BCUT2D eigenvalue weighted by Crippen LogP contribution is -2.34. The Morgan fingerprint density at radius 1 is 1.17 bits per heavy atom. The smallest absolute Gasteiger partial charge is 0.319 e. The maximum absolute atomic E-state index is 12.1. The molecule has 7 heteroatoms. The van der Waals surface area contributed by atoms with Gasteiger partial charge in [-0.05, 0) is 51.0 Å². The van der Waals surface area contributed by atoms with Crippen molar-refractivity contribution in [2.45, 2.75) is 44.9 Å². The number of carbonyl (C=O) groups excluding carboxylic acids is 2. The number of amides is 3. The normalized spacial score (nSPS) is 20.3. The van der Waals surface area contributed by atoms with E-state index < -0.39 is 6.10 Å². The molecule has 3 amide bonds. The van der Waals surface area contributed by atoms with Crippen LogP contribution in [0.3, 0.4) is 0 Å². The van der Waals surface area contributed by atoms with Crippen molar-refractivity contribution < 1.29 is 14.3 Å². The Morgan fingerprint density at radius 2 is 1.78 bits per heavy atom. The molecule has 0 bridgehead atoms. The van der Waals surface area contributed by atoms with E-state index in [-0.39, 0.29) is 24.1 Å². The number of urea groups is 1. The van der Waals surface area contributed by atoms with E-state index in [2.05, 4.69) is 16.0 Å². The third-order valence-corrected chi connectivity index (χ3v) is 3.49. The van der Waals surface area contributed by atoms with Gasteiger partial charge < -0.3 is 26.4 Å². The summed E-state index contributed by atoms with van der Waals surface area (Å²) in [4.78, 5) is 23.7. The largest absolute Gasteiger partial charge is 0.364 e.